The largest absolute Gasteiger partial charge is 0.318 e. The summed E-state index contributed by atoms with van der Waals surface area (Å²) in [6, 6.07) is 12.4. The standard InChI is InChI=1S/C16H14BrNO2/c1-10-3-6-12(7-4-10)15(19)16(20)18-14-8-5-11(2)9-13(14)17/h3-9H,1-2H3,(H,18,20). The lowest BCUT2D eigenvalue weighted by molar-refractivity contribution is -0.112. The first kappa shape index (κ1) is 14.5. The number of rotatable bonds is 3. The van der Waals surface area contributed by atoms with Crippen molar-refractivity contribution in [2.24, 2.45) is 0 Å². The van der Waals surface area contributed by atoms with E-state index in [1.54, 1.807) is 18.2 Å². The topological polar surface area (TPSA) is 46.2 Å². The molecule has 0 aromatic heterocycles. The van der Waals surface area contributed by atoms with Crippen molar-refractivity contribution in [3.8, 4) is 0 Å². The van der Waals surface area contributed by atoms with Crippen LogP contribution in [-0.2, 0) is 4.79 Å². The van der Waals surface area contributed by atoms with Crippen molar-refractivity contribution < 1.29 is 9.59 Å². The molecule has 20 heavy (non-hydrogen) atoms. The Labute approximate surface area is 126 Å². The van der Waals surface area contributed by atoms with E-state index in [1.165, 1.54) is 0 Å². The highest BCUT2D eigenvalue weighted by Gasteiger charge is 2.17. The highest BCUT2D eigenvalue weighted by atomic mass is 79.9. The molecule has 0 unspecified atom stereocenters. The van der Waals surface area contributed by atoms with E-state index in [2.05, 4.69) is 21.2 Å². The van der Waals surface area contributed by atoms with Crippen molar-refractivity contribution in [1.29, 1.82) is 0 Å². The maximum Gasteiger partial charge on any atom is 0.296 e. The van der Waals surface area contributed by atoms with E-state index in [-0.39, 0.29) is 0 Å². The van der Waals surface area contributed by atoms with Crippen LogP contribution in [-0.4, -0.2) is 11.7 Å². The number of hydrogen-bond donors (Lipinski definition) is 1. The number of carbonyl (C=O) groups excluding carboxylic acids is 2. The summed E-state index contributed by atoms with van der Waals surface area (Å²) >= 11 is 3.36. The van der Waals surface area contributed by atoms with Crippen molar-refractivity contribution in [1.82, 2.24) is 0 Å². The summed E-state index contributed by atoms with van der Waals surface area (Å²) in [5.74, 6) is -1.18. The fraction of sp³-hybridized carbons (Fsp3) is 0.125. The first-order chi connectivity index (χ1) is 9.47. The van der Waals surface area contributed by atoms with Gasteiger partial charge in [0.05, 0.1) is 5.69 Å². The van der Waals surface area contributed by atoms with Crippen LogP contribution in [0.5, 0.6) is 0 Å². The molecule has 102 valence electrons. The predicted molar refractivity (Wildman–Crippen MR) is 83.0 cm³/mol. The normalized spacial score (nSPS) is 10.2. The number of amides is 1. The Morgan fingerprint density at radius 2 is 1.55 bits per heavy atom. The number of hydrogen-bond acceptors (Lipinski definition) is 2. The number of benzene rings is 2. The van der Waals surface area contributed by atoms with E-state index < -0.39 is 11.7 Å². The number of halogens is 1. The second-order valence-electron chi connectivity index (χ2n) is 4.63. The average molecular weight is 332 g/mol. The molecule has 0 fully saturated rings. The lowest BCUT2D eigenvalue weighted by Gasteiger charge is -2.07. The molecule has 2 rings (SSSR count). The fourth-order valence-corrected chi connectivity index (χ4v) is 2.33. The molecular weight excluding hydrogens is 318 g/mol. The lowest BCUT2D eigenvalue weighted by atomic mass is 10.1. The van der Waals surface area contributed by atoms with E-state index in [4.69, 9.17) is 0 Å². The maximum absolute atomic E-state index is 12.0. The van der Waals surface area contributed by atoms with Gasteiger partial charge >= 0.3 is 0 Å². The minimum absolute atomic E-state index is 0.385. The average Bonchev–Trinajstić information content (AvgIpc) is 2.42. The molecule has 2 aromatic rings. The van der Waals surface area contributed by atoms with Gasteiger partial charge in [-0.05, 0) is 47.5 Å². The van der Waals surface area contributed by atoms with Crippen LogP contribution in [0.1, 0.15) is 21.5 Å². The van der Waals surface area contributed by atoms with Crippen LogP contribution < -0.4 is 5.32 Å². The predicted octanol–water partition coefficient (Wildman–Crippen LogP) is 3.89. The van der Waals surface area contributed by atoms with E-state index in [0.29, 0.717) is 11.3 Å². The SMILES string of the molecule is Cc1ccc(C(=O)C(=O)Nc2ccc(C)cc2Br)cc1. The van der Waals surface area contributed by atoms with Crippen LogP contribution in [0.25, 0.3) is 0 Å². The third kappa shape index (κ3) is 3.33. The van der Waals surface area contributed by atoms with Crippen LogP contribution in [0, 0.1) is 13.8 Å². The molecule has 0 aliphatic rings. The van der Waals surface area contributed by atoms with Gasteiger partial charge in [-0.25, -0.2) is 0 Å². The molecule has 0 aliphatic carbocycles. The number of Topliss-reactive ketones (excluding diaryl/α,β-unsaturated/α-hetero) is 1. The molecule has 0 aliphatic heterocycles. The Balaban J connectivity index is 2.15. The molecule has 1 N–H and O–H groups in total. The number of aryl methyl sites for hydroxylation is 2. The zero-order valence-electron chi connectivity index (χ0n) is 11.2. The van der Waals surface area contributed by atoms with Crippen molar-refractivity contribution >= 4 is 33.3 Å². The Kier molecular flexibility index (Phi) is 4.35. The van der Waals surface area contributed by atoms with Gasteiger partial charge in [0.1, 0.15) is 0 Å². The monoisotopic (exact) mass is 331 g/mol. The van der Waals surface area contributed by atoms with E-state index in [0.717, 1.165) is 15.6 Å². The Morgan fingerprint density at radius 1 is 0.950 bits per heavy atom. The zero-order chi connectivity index (χ0) is 14.7. The summed E-state index contributed by atoms with van der Waals surface area (Å²) in [6.07, 6.45) is 0. The van der Waals surface area contributed by atoms with Gasteiger partial charge in [-0.1, -0.05) is 35.9 Å². The quantitative estimate of drug-likeness (QED) is 0.685. The van der Waals surface area contributed by atoms with Crippen molar-refractivity contribution in [3.05, 3.63) is 63.6 Å². The molecule has 4 heteroatoms. The van der Waals surface area contributed by atoms with Crippen LogP contribution in [0.2, 0.25) is 0 Å². The molecule has 0 atom stereocenters. The molecule has 1 amide bonds. The molecule has 0 heterocycles. The van der Waals surface area contributed by atoms with Gasteiger partial charge < -0.3 is 5.32 Å². The summed E-state index contributed by atoms with van der Waals surface area (Å²) in [4.78, 5) is 24.0. The second kappa shape index (κ2) is 6.01. The molecule has 0 saturated heterocycles. The summed E-state index contributed by atoms with van der Waals surface area (Å²) in [5.41, 5.74) is 3.08. The van der Waals surface area contributed by atoms with Crippen molar-refractivity contribution in [3.63, 3.8) is 0 Å². The van der Waals surface area contributed by atoms with Gasteiger partial charge in [-0.3, -0.25) is 9.59 Å². The van der Waals surface area contributed by atoms with Gasteiger partial charge in [0.2, 0.25) is 0 Å². The first-order valence-corrected chi connectivity index (χ1v) is 6.95. The number of carbonyl (C=O) groups is 2. The maximum atomic E-state index is 12.0. The smallest absolute Gasteiger partial charge is 0.296 e. The molecular formula is C16H14BrNO2. The number of nitrogens with one attached hydrogen (secondary N) is 1. The first-order valence-electron chi connectivity index (χ1n) is 6.16. The van der Waals surface area contributed by atoms with Crippen molar-refractivity contribution in [2.45, 2.75) is 13.8 Å². The third-order valence-corrected chi connectivity index (χ3v) is 3.55. The van der Waals surface area contributed by atoms with Crippen LogP contribution in [0.4, 0.5) is 5.69 Å². The minimum atomic E-state index is -0.640. The highest BCUT2D eigenvalue weighted by molar-refractivity contribution is 9.10. The fourth-order valence-electron chi connectivity index (χ4n) is 1.74. The Bertz CT molecular complexity index is 663. The molecule has 0 spiro atoms. The van der Waals surface area contributed by atoms with Crippen molar-refractivity contribution in [2.75, 3.05) is 5.32 Å². The zero-order valence-corrected chi connectivity index (χ0v) is 12.8. The molecule has 0 saturated carbocycles. The summed E-state index contributed by atoms with van der Waals surface area (Å²) in [6.45, 7) is 3.88. The van der Waals surface area contributed by atoms with E-state index >= 15 is 0 Å². The third-order valence-electron chi connectivity index (χ3n) is 2.89. The molecule has 3 nitrogen and oxygen atoms in total. The van der Waals surface area contributed by atoms with E-state index in [9.17, 15) is 9.59 Å². The second-order valence-corrected chi connectivity index (χ2v) is 5.49. The highest BCUT2D eigenvalue weighted by Crippen LogP contribution is 2.23. The molecule has 0 bridgehead atoms. The van der Waals surface area contributed by atoms with Gasteiger partial charge in [-0.2, -0.15) is 0 Å². The van der Waals surface area contributed by atoms with Gasteiger partial charge in [0.25, 0.3) is 11.7 Å². The number of anilines is 1. The van der Waals surface area contributed by atoms with Gasteiger partial charge in [0, 0.05) is 10.0 Å². The number of ketones is 1. The summed E-state index contributed by atoms with van der Waals surface area (Å²) in [7, 11) is 0. The van der Waals surface area contributed by atoms with Gasteiger partial charge in [-0.15, -0.1) is 0 Å². The van der Waals surface area contributed by atoms with Gasteiger partial charge in [0.15, 0.2) is 0 Å². The Morgan fingerprint density at radius 3 is 2.15 bits per heavy atom. The Hall–Kier alpha value is -1.94. The van der Waals surface area contributed by atoms with Crippen LogP contribution in [0.15, 0.2) is 46.9 Å². The lowest BCUT2D eigenvalue weighted by Crippen LogP contribution is -2.23. The summed E-state index contributed by atoms with van der Waals surface area (Å²) < 4.78 is 0.752. The van der Waals surface area contributed by atoms with E-state index in [1.807, 2.05) is 38.1 Å². The molecule has 2 aromatic carbocycles. The summed E-state index contributed by atoms with van der Waals surface area (Å²) in [5, 5.41) is 2.61. The molecule has 0 radical (unpaired) electrons. The van der Waals surface area contributed by atoms with Crippen LogP contribution >= 0.6 is 15.9 Å². The van der Waals surface area contributed by atoms with Crippen LogP contribution in [0.3, 0.4) is 0 Å². The minimum Gasteiger partial charge on any atom is -0.318 e.